The van der Waals surface area contributed by atoms with Gasteiger partial charge in [-0.2, -0.15) is 0 Å². The van der Waals surface area contributed by atoms with E-state index in [2.05, 4.69) is 32.0 Å². The third-order valence-corrected chi connectivity index (χ3v) is 4.07. The Labute approximate surface area is 133 Å². The zero-order chi connectivity index (χ0) is 16.5. The molecule has 1 heterocycles. The first-order valence-electron chi connectivity index (χ1n) is 7.90. The molecule has 0 unspecified atom stereocenters. The molecule has 2 rings (SSSR count). The van der Waals surface area contributed by atoms with E-state index in [1.54, 1.807) is 4.90 Å². The summed E-state index contributed by atoms with van der Waals surface area (Å²) in [5.74, 6) is 0.0820. The number of carbonyl (C=O) groups is 1. The van der Waals surface area contributed by atoms with Crippen molar-refractivity contribution in [2.75, 3.05) is 13.1 Å². The zero-order valence-corrected chi connectivity index (χ0v) is 14.2. The Morgan fingerprint density at radius 1 is 1.32 bits per heavy atom. The molecular formula is C18H27NO3. The molecule has 1 aliphatic heterocycles. The molecule has 2 atom stereocenters. The molecule has 0 radical (unpaired) electrons. The minimum Gasteiger partial charge on any atom is -0.444 e. The molecule has 0 spiro atoms. The molecule has 1 aromatic carbocycles. The minimum atomic E-state index is -0.554. The van der Waals surface area contributed by atoms with Gasteiger partial charge in [-0.05, 0) is 52.2 Å². The fraction of sp³-hybridized carbons (Fsp3) is 0.611. The van der Waals surface area contributed by atoms with Crippen LogP contribution in [0.4, 0.5) is 4.79 Å². The third-order valence-electron chi connectivity index (χ3n) is 4.07. The number of aliphatic hydroxyl groups is 1. The van der Waals surface area contributed by atoms with Crippen LogP contribution in [0.3, 0.4) is 0 Å². The Kier molecular flexibility index (Phi) is 4.81. The summed E-state index contributed by atoms with van der Waals surface area (Å²) in [7, 11) is 0. The summed E-state index contributed by atoms with van der Waals surface area (Å²) in [4.78, 5) is 13.7. The van der Waals surface area contributed by atoms with E-state index in [9.17, 15) is 9.90 Å². The number of β-amino-alcohol motifs (C(OH)–C–C–N with tert-alkyl or cyclic N) is 1. The van der Waals surface area contributed by atoms with E-state index in [1.165, 1.54) is 16.7 Å². The van der Waals surface area contributed by atoms with E-state index in [0.717, 1.165) is 6.42 Å². The fourth-order valence-electron chi connectivity index (χ4n) is 2.95. The average molecular weight is 305 g/mol. The molecule has 122 valence electrons. The Bertz CT molecular complexity index is 548. The van der Waals surface area contributed by atoms with Gasteiger partial charge in [0.2, 0.25) is 0 Å². The van der Waals surface area contributed by atoms with Crippen molar-refractivity contribution in [3.05, 3.63) is 34.9 Å². The number of ether oxygens (including phenoxy) is 1. The Hall–Kier alpha value is -1.55. The number of likely N-dealkylation sites (tertiary alicyclic amines) is 1. The summed E-state index contributed by atoms with van der Waals surface area (Å²) in [5, 5.41) is 10.5. The lowest BCUT2D eigenvalue weighted by atomic mass is 9.84. The average Bonchev–Trinajstić information content (AvgIpc) is 2.40. The fourth-order valence-corrected chi connectivity index (χ4v) is 2.95. The molecule has 1 fully saturated rings. The third kappa shape index (κ3) is 4.01. The largest absolute Gasteiger partial charge is 0.444 e. The molecule has 1 aromatic rings. The lowest BCUT2D eigenvalue weighted by Crippen LogP contribution is -2.47. The van der Waals surface area contributed by atoms with Crippen LogP contribution in [0.5, 0.6) is 0 Å². The predicted octanol–water partition coefficient (Wildman–Crippen LogP) is 3.39. The Balaban J connectivity index is 2.07. The molecule has 0 aromatic heterocycles. The summed E-state index contributed by atoms with van der Waals surface area (Å²) in [5.41, 5.74) is 3.07. The van der Waals surface area contributed by atoms with Gasteiger partial charge < -0.3 is 14.7 Å². The van der Waals surface area contributed by atoms with Gasteiger partial charge in [0.1, 0.15) is 5.60 Å². The number of nitrogens with zero attached hydrogens (tertiary/aromatic N) is 1. The van der Waals surface area contributed by atoms with Crippen molar-refractivity contribution >= 4 is 6.09 Å². The van der Waals surface area contributed by atoms with Crippen molar-refractivity contribution < 1.29 is 14.6 Å². The summed E-state index contributed by atoms with van der Waals surface area (Å²) < 4.78 is 5.39. The van der Waals surface area contributed by atoms with Gasteiger partial charge in [0.05, 0.1) is 12.6 Å². The van der Waals surface area contributed by atoms with Gasteiger partial charge >= 0.3 is 6.09 Å². The monoisotopic (exact) mass is 305 g/mol. The van der Waals surface area contributed by atoms with E-state index in [0.29, 0.717) is 13.1 Å². The van der Waals surface area contributed by atoms with Gasteiger partial charge in [0.25, 0.3) is 0 Å². The maximum absolute atomic E-state index is 12.1. The van der Waals surface area contributed by atoms with E-state index in [-0.39, 0.29) is 12.0 Å². The molecule has 4 heteroatoms. The van der Waals surface area contributed by atoms with Gasteiger partial charge in [0.15, 0.2) is 0 Å². The van der Waals surface area contributed by atoms with Crippen LogP contribution in [-0.2, 0) is 4.74 Å². The maximum atomic E-state index is 12.1. The van der Waals surface area contributed by atoms with E-state index in [1.807, 2.05) is 20.8 Å². The smallest absolute Gasteiger partial charge is 0.410 e. The molecule has 0 aliphatic carbocycles. The first-order valence-corrected chi connectivity index (χ1v) is 7.90. The van der Waals surface area contributed by atoms with Gasteiger partial charge in [-0.3, -0.25) is 0 Å². The van der Waals surface area contributed by atoms with Gasteiger partial charge in [-0.15, -0.1) is 0 Å². The highest BCUT2D eigenvalue weighted by Gasteiger charge is 2.33. The highest BCUT2D eigenvalue weighted by molar-refractivity contribution is 5.68. The second-order valence-electron chi connectivity index (χ2n) is 7.25. The lowest BCUT2D eigenvalue weighted by molar-refractivity contribution is -0.00157. The standard InChI is InChI=1S/C18H27NO3/c1-12-6-7-13(2)15(10-12)14-8-9-19(11-16(14)20)17(21)22-18(3,4)5/h6-7,10,14,16,20H,8-9,11H2,1-5H3/t14-,16-/m1/s1. The number of aryl methyl sites for hydroxylation is 2. The summed E-state index contributed by atoms with van der Waals surface area (Å²) >= 11 is 0. The quantitative estimate of drug-likeness (QED) is 0.865. The first-order chi connectivity index (χ1) is 10.2. The van der Waals surface area contributed by atoms with Gasteiger partial charge in [0, 0.05) is 12.5 Å². The van der Waals surface area contributed by atoms with Crippen molar-refractivity contribution in [1.29, 1.82) is 0 Å². The van der Waals surface area contributed by atoms with Gasteiger partial charge in [-0.1, -0.05) is 23.8 Å². The van der Waals surface area contributed by atoms with Crippen LogP contribution >= 0.6 is 0 Å². The Morgan fingerprint density at radius 2 is 2.00 bits per heavy atom. The van der Waals surface area contributed by atoms with Crippen LogP contribution < -0.4 is 0 Å². The number of rotatable bonds is 1. The maximum Gasteiger partial charge on any atom is 0.410 e. The molecule has 0 saturated carbocycles. The number of amides is 1. The predicted molar refractivity (Wildman–Crippen MR) is 87.1 cm³/mol. The van der Waals surface area contributed by atoms with E-state index >= 15 is 0 Å². The molecule has 4 nitrogen and oxygen atoms in total. The van der Waals surface area contributed by atoms with Crippen LogP contribution in [0.1, 0.15) is 49.8 Å². The van der Waals surface area contributed by atoms with E-state index in [4.69, 9.17) is 4.74 Å². The number of aliphatic hydroxyl groups excluding tert-OH is 1. The lowest BCUT2D eigenvalue weighted by Gasteiger charge is -2.37. The van der Waals surface area contributed by atoms with Crippen molar-refractivity contribution in [3.63, 3.8) is 0 Å². The van der Waals surface area contributed by atoms with Crippen molar-refractivity contribution in [3.8, 4) is 0 Å². The second kappa shape index (κ2) is 6.29. The minimum absolute atomic E-state index is 0.0820. The van der Waals surface area contributed by atoms with Crippen LogP contribution in [0.2, 0.25) is 0 Å². The summed E-state index contributed by atoms with van der Waals surface area (Å²) in [6.07, 6.45) is -0.141. The summed E-state index contributed by atoms with van der Waals surface area (Å²) in [6, 6.07) is 6.32. The number of hydrogen-bond donors (Lipinski definition) is 1. The number of piperidine rings is 1. The molecule has 1 aliphatic rings. The van der Waals surface area contributed by atoms with Crippen LogP contribution in [0.15, 0.2) is 18.2 Å². The molecule has 1 N–H and O–H groups in total. The number of hydrogen-bond acceptors (Lipinski definition) is 3. The van der Waals surface area contributed by atoms with Gasteiger partial charge in [-0.25, -0.2) is 4.79 Å². The van der Waals surface area contributed by atoms with Crippen LogP contribution in [0, 0.1) is 13.8 Å². The second-order valence-corrected chi connectivity index (χ2v) is 7.25. The molecule has 1 amide bonds. The zero-order valence-electron chi connectivity index (χ0n) is 14.2. The first kappa shape index (κ1) is 16.8. The normalized spacial score (nSPS) is 22.5. The van der Waals surface area contributed by atoms with Crippen molar-refractivity contribution in [2.24, 2.45) is 0 Å². The Morgan fingerprint density at radius 3 is 2.59 bits per heavy atom. The van der Waals surface area contributed by atoms with Crippen molar-refractivity contribution in [1.82, 2.24) is 4.90 Å². The topological polar surface area (TPSA) is 49.8 Å². The number of carbonyl (C=O) groups excluding carboxylic acids is 1. The molecular weight excluding hydrogens is 278 g/mol. The molecule has 1 saturated heterocycles. The number of benzene rings is 1. The van der Waals surface area contributed by atoms with E-state index < -0.39 is 11.7 Å². The summed E-state index contributed by atoms with van der Waals surface area (Å²) in [6.45, 7) is 10.6. The van der Waals surface area contributed by atoms with Crippen LogP contribution in [-0.4, -0.2) is 40.9 Å². The highest BCUT2D eigenvalue weighted by atomic mass is 16.6. The SMILES string of the molecule is Cc1ccc(C)c([C@H]2CCN(C(=O)OC(C)(C)C)C[C@H]2O)c1. The van der Waals surface area contributed by atoms with Crippen molar-refractivity contribution in [2.45, 2.75) is 58.7 Å². The molecule has 22 heavy (non-hydrogen) atoms. The molecule has 0 bridgehead atoms. The highest BCUT2D eigenvalue weighted by Crippen LogP contribution is 2.31. The van der Waals surface area contributed by atoms with Crippen LogP contribution in [0.25, 0.3) is 0 Å².